The summed E-state index contributed by atoms with van der Waals surface area (Å²) in [6.45, 7) is 4.82. The van der Waals surface area contributed by atoms with Crippen LogP contribution in [0.4, 0.5) is 14.5 Å². The lowest BCUT2D eigenvalue weighted by atomic mass is 10.0. The number of carbonyl (C=O) groups is 2. The van der Waals surface area contributed by atoms with E-state index < -0.39 is 23.0 Å². The van der Waals surface area contributed by atoms with Crippen molar-refractivity contribution < 1.29 is 23.1 Å². The first-order valence-corrected chi connectivity index (χ1v) is 11.6. The van der Waals surface area contributed by atoms with E-state index in [9.17, 15) is 18.4 Å². The van der Waals surface area contributed by atoms with Crippen LogP contribution in [-0.2, 0) is 9.59 Å². The number of hydrogen-bond acceptors (Lipinski definition) is 6. The average molecular weight is 526 g/mol. The highest BCUT2D eigenvalue weighted by Crippen LogP contribution is 2.49. The lowest BCUT2D eigenvalue weighted by molar-refractivity contribution is -0.129. The van der Waals surface area contributed by atoms with Gasteiger partial charge in [-0.3, -0.25) is 9.59 Å². The highest BCUT2D eigenvalue weighted by molar-refractivity contribution is 6.29. The number of benzene rings is 1. The molecule has 0 bridgehead atoms. The molecule has 0 atom stereocenters. The molecule has 0 unspecified atom stereocenters. The normalized spacial score (nSPS) is 14.4. The second kappa shape index (κ2) is 10.8. The van der Waals surface area contributed by atoms with Crippen LogP contribution in [0.5, 0.6) is 11.5 Å². The first-order chi connectivity index (χ1) is 17.7. The number of halogens is 3. The molecule has 1 aromatic carbocycles. The fraction of sp³-hybridized carbons (Fsp3) is 0.192. The number of rotatable bonds is 9. The van der Waals surface area contributed by atoms with Crippen LogP contribution in [-0.4, -0.2) is 26.8 Å². The maximum absolute atomic E-state index is 14.8. The van der Waals surface area contributed by atoms with E-state index in [0.717, 1.165) is 12.1 Å². The van der Waals surface area contributed by atoms with Crippen molar-refractivity contribution in [1.29, 1.82) is 0 Å². The minimum Gasteiger partial charge on any atom is -0.452 e. The summed E-state index contributed by atoms with van der Waals surface area (Å²) in [7, 11) is 0. The molecule has 0 aliphatic heterocycles. The van der Waals surface area contributed by atoms with Crippen LogP contribution in [0.2, 0.25) is 5.15 Å². The highest BCUT2D eigenvalue weighted by atomic mass is 35.5. The molecule has 11 heteroatoms. The van der Waals surface area contributed by atoms with Crippen LogP contribution < -0.4 is 15.4 Å². The molecule has 1 aliphatic carbocycles. The fourth-order valence-electron chi connectivity index (χ4n) is 3.54. The van der Waals surface area contributed by atoms with Crippen LogP contribution in [0.1, 0.15) is 26.2 Å². The number of pyridine rings is 1. The van der Waals surface area contributed by atoms with Gasteiger partial charge in [-0.25, -0.2) is 23.7 Å². The van der Waals surface area contributed by atoms with Gasteiger partial charge in [0.15, 0.2) is 28.5 Å². The van der Waals surface area contributed by atoms with Gasteiger partial charge in [-0.15, -0.1) is 0 Å². The zero-order valence-electron chi connectivity index (χ0n) is 19.7. The van der Waals surface area contributed by atoms with Crippen molar-refractivity contribution in [1.82, 2.24) is 20.3 Å². The molecule has 0 spiro atoms. The maximum atomic E-state index is 14.8. The maximum Gasteiger partial charge on any atom is 0.231 e. The first-order valence-electron chi connectivity index (χ1n) is 11.2. The lowest BCUT2D eigenvalue weighted by Gasteiger charge is -2.16. The highest BCUT2D eigenvalue weighted by Gasteiger charge is 2.51. The van der Waals surface area contributed by atoms with Gasteiger partial charge < -0.3 is 15.4 Å². The molecule has 3 aromatic rings. The SMILES string of the molecule is C=C(F)/C=C\C(=C/C)NC(=O)C1(CC(=O)Nc2ccc(Oc3ccnc4ncc(Cl)nc34)c(F)c2)CC1. The van der Waals surface area contributed by atoms with E-state index in [2.05, 4.69) is 32.2 Å². The average Bonchev–Trinajstić information content (AvgIpc) is 3.64. The van der Waals surface area contributed by atoms with E-state index in [4.69, 9.17) is 16.3 Å². The van der Waals surface area contributed by atoms with Crippen LogP contribution in [0.15, 0.2) is 73.0 Å². The molecule has 2 heterocycles. The van der Waals surface area contributed by atoms with E-state index in [1.165, 1.54) is 36.7 Å². The molecule has 2 N–H and O–H groups in total. The molecule has 1 aliphatic rings. The van der Waals surface area contributed by atoms with Gasteiger partial charge >= 0.3 is 0 Å². The quantitative estimate of drug-likeness (QED) is 0.343. The van der Waals surface area contributed by atoms with Crippen molar-refractivity contribution >= 4 is 40.3 Å². The first kappa shape index (κ1) is 25.9. The van der Waals surface area contributed by atoms with E-state index in [0.29, 0.717) is 18.5 Å². The molecule has 0 radical (unpaired) electrons. The van der Waals surface area contributed by atoms with Gasteiger partial charge in [-0.2, -0.15) is 0 Å². The Labute approximate surface area is 216 Å². The monoisotopic (exact) mass is 525 g/mol. The predicted octanol–water partition coefficient (Wildman–Crippen LogP) is 5.78. The fourth-order valence-corrected chi connectivity index (χ4v) is 3.67. The summed E-state index contributed by atoms with van der Waals surface area (Å²) in [5.41, 5.74) is 0.279. The van der Waals surface area contributed by atoms with Gasteiger partial charge in [-0.05, 0) is 44.1 Å². The number of allylic oxidation sites excluding steroid dienone is 4. The molecule has 1 fully saturated rings. The molecular formula is C26H22ClF2N5O3. The Bertz CT molecular complexity index is 1450. The Hall–Kier alpha value is -4.18. The summed E-state index contributed by atoms with van der Waals surface area (Å²) in [5.74, 6) is -2.05. The summed E-state index contributed by atoms with van der Waals surface area (Å²) in [5, 5.41) is 5.45. The topological polar surface area (TPSA) is 106 Å². The van der Waals surface area contributed by atoms with Crippen LogP contribution in [0.25, 0.3) is 11.2 Å². The third kappa shape index (κ3) is 6.34. The summed E-state index contributed by atoms with van der Waals surface area (Å²) in [6.07, 6.45) is 7.88. The number of aromatic nitrogens is 3. The van der Waals surface area contributed by atoms with Crippen LogP contribution >= 0.6 is 11.6 Å². The Kier molecular flexibility index (Phi) is 7.58. The largest absolute Gasteiger partial charge is 0.452 e. The van der Waals surface area contributed by atoms with Crippen molar-refractivity contribution in [2.75, 3.05) is 5.32 Å². The number of fused-ring (bicyclic) bond motifs is 1. The smallest absolute Gasteiger partial charge is 0.231 e. The second-order valence-corrected chi connectivity index (χ2v) is 8.79. The Morgan fingerprint density at radius 2 is 2.00 bits per heavy atom. The predicted molar refractivity (Wildman–Crippen MR) is 135 cm³/mol. The van der Waals surface area contributed by atoms with Gasteiger partial charge in [0.1, 0.15) is 11.0 Å². The van der Waals surface area contributed by atoms with Gasteiger partial charge in [0.05, 0.1) is 11.6 Å². The molecule has 1 saturated carbocycles. The molecular weight excluding hydrogens is 504 g/mol. The third-order valence-electron chi connectivity index (χ3n) is 5.66. The van der Waals surface area contributed by atoms with Gasteiger partial charge in [0, 0.05) is 36.1 Å². The molecule has 0 saturated heterocycles. The number of ether oxygens (including phenoxy) is 1. The zero-order chi connectivity index (χ0) is 26.6. The van der Waals surface area contributed by atoms with Gasteiger partial charge in [0.2, 0.25) is 11.8 Å². The van der Waals surface area contributed by atoms with Crippen molar-refractivity contribution in [2.24, 2.45) is 5.41 Å². The molecule has 190 valence electrons. The van der Waals surface area contributed by atoms with E-state index >= 15 is 0 Å². The number of hydrogen-bond donors (Lipinski definition) is 2. The van der Waals surface area contributed by atoms with E-state index in [1.807, 2.05) is 0 Å². The minimum absolute atomic E-state index is 0.0856. The summed E-state index contributed by atoms with van der Waals surface area (Å²) < 4.78 is 33.3. The van der Waals surface area contributed by atoms with Gasteiger partial charge in [0.25, 0.3) is 0 Å². The van der Waals surface area contributed by atoms with Crippen molar-refractivity contribution in [3.05, 3.63) is 84.0 Å². The molecule has 8 nitrogen and oxygen atoms in total. The Morgan fingerprint density at radius 3 is 2.68 bits per heavy atom. The summed E-state index contributed by atoms with van der Waals surface area (Å²) in [4.78, 5) is 37.6. The Morgan fingerprint density at radius 1 is 1.22 bits per heavy atom. The number of carbonyl (C=O) groups excluding carboxylic acids is 2. The molecule has 4 rings (SSSR count). The number of nitrogens with zero attached hydrogens (tertiary/aromatic N) is 3. The second-order valence-electron chi connectivity index (χ2n) is 8.40. The van der Waals surface area contributed by atoms with E-state index in [1.54, 1.807) is 13.0 Å². The summed E-state index contributed by atoms with van der Waals surface area (Å²) >= 11 is 5.90. The molecule has 37 heavy (non-hydrogen) atoms. The number of anilines is 1. The summed E-state index contributed by atoms with van der Waals surface area (Å²) in [6, 6.07) is 5.45. The number of amides is 2. The Balaban J connectivity index is 1.40. The zero-order valence-corrected chi connectivity index (χ0v) is 20.5. The van der Waals surface area contributed by atoms with Crippen LogP contribution in [0.3, 0.4) is 0 Å². The van der Waals surface area contributed by atoms with Crippen molar-refractivity contribution in [2.45, 2.75) is 26.2 Å². The van der Waals surface area contributed by atoms with Crippen LogP contribution in [0, 0.1) is 11.2 Å². The molecule has 2 aromatic heterocycles. The minimum atomic E-state index is -0.870. The van der Waals surface area contributed by atoms with Crippen molar-refractivity contribution in [3.63, 3.8) is 0 Å². The lowest BCUT2D eigenvalue weighted by Crippen LogP contribution is -2.33. The third-order valence-corrected chi connectivity index (χ3v) is 5.84. The van der Waals surface area contributed by atoms with E-state index in [-0.39, 0.29) is 45.8 Å². The number of nitrogens with one attached hydrogen (secondary N) is 2. The standard InChI is InChI=1S/C26H22ClF2N5O3/c1-3-16(5-4-15(2)28)33-25(36)26(9-10-26)13-22(35)32-17-6-7-19(18(29)12-17)37-20-8-11-30-24-23(20)34-21(27)14-31-24/h3-8,11-12,14H,2,9-10,13H2,1H3,(H,32,35)(H,33,36)/b5-4-,16-3+. The van der Waals surface area contributed by atoms with Gasteiger partial charge in [-0.1, -0.05) is 24.3 Å². The molecule has 2 amide bonds. The van der Waals surface area contributed by atoms with Crippen molar-refractivity contribution in [3.8, 4) is 11.5 Å².